The maximum atomic E-state index is 12.6. The van der Waals surface area contributed by atoms with Gasteiger partial charge in [0.15, 0.2) is 0 Å². The zero-order valence-electron chi connectivity index (χ0n) is 12.5. The zero-order chi connectivity index (χ0) is 15.3. The minimum absolute atomic E-state index is 0.361. The molecule has 1 aromatic rings. The summed E-state index contributed by atoms with van der Waals surface area (Å²) in [4.78, 5) is 0. The molecule has 4 heteroatoms. The van der Waals surface area contributed by atoms with Gasteiger partial charge in [-0.3, -0.25) is 0 Å². The first-order chi connectivity index (χ1) is 10.0. The Hall–Kier alpha value is -1.03. The van der Waals surface area contributed by atoms with Crippen molar-refractivity contribution in [2.45, 2.75) is 57.2 Å². The number of nitrogens with one attached hydrogen (secondary N) is 1. The molecular weight excluding hydrogens is 275 g/mol. The van der Waals surface area contributed by atoms with Crippen LogP contribution in [-0.4, -0.2) is 13.1 Å². The topological polar surface area (TPSA) is 12.0 Å². The van der Waals surface area contributed by atoms with Crippen molar-refractivity contribution < 1.29 is 13.2 Å². The van der Waals surface area contributed by atoms with Crippen LogP contribution in [0.3, 0.4) is 0 Å². The van der Waals surface area contributed by atoms with Crippen molar-refractivity contribution in [2.75, 3.05) is 7.05 Å². The van der Waals surface area contributed by atoms with Crippen LogP contribution >= 0.6 is 0 Å². The maximum Gasteiger partial charge on any atom is 0.416 e. The Morgan fingerprint density at radius 3 is 2.10 bits per heavy atom. The Bertz CT molecular complexity index is 417. The Morgan fingerprint density at radius 2 is 1.62 bits per heavy atom. The Morgan fingerprint density at radius 1 is 1.05 bits per heavy atom. The summed E-state index contributed by atoms with van der Waals surface area (Å²) in [5.74, 6) is 0.639. The second-order valence-corrected chi connectivity index (χ2v) is 6.05. The quantitative estimate of drug-likeness (QED) is 0.787. The Balaban J connectivity index is 2.00. The Kier molecular flexibility index (Phi) is 5.68. The molecule has 2 rings (SSSR count). The third kappa shape index (κ3) is 4.73. The van der Waals surface area contributed by atoms with E-state index in [1.807, 2.05) is 7.05 Å². The highest BCUT2D eigenvalue weighted by molar-refractivity contribution is 5.25. The van der Waals surface area contributed by atoms with Gasteiger partial charge in [-0.15, -0.1) is 0 Å². The molecule has 0 spiro atoms. The third-order valence-electron chi connectivity index (χ3n) is 4.58. The molecule has 1 aromatic carbocycles. The van der Waals surface area contributed by atoms with Gasteiger partial charge < -0.3 is 5.32 Å². The van der Waals surface area contributed by atoms with E-state index >= 15 is 0 Å². The maximum absolute atomic E-state index is 12.6. The molecule has 0 saturated heterocycles. The molecule has 1 saturated carbocycles. The SMILES string of the molecule is CNC(Cc1ccc(C(F)(F)F)cc1)C1CCCCCC1. The molecule has 1 aliphatic carbocycles. The molecule has 1 nitrogen and oxygen atoms in total. The van der Waals surface area contributed by atoms with Gasteiger partial charge in [-0.25, -0.2) is 0 Å². The number of halogens is 3. The molecule has 1 atom stereocenters. The van der Waals surface area contributed by atoms with E-state index in [2.05, 4.69) is 5.32 Å². The molecule has 0 aliphatic heterocycles. The lowest BCUT2D eigenvalue weighted by Gasteiger charge is -2.26. The van der Waals surface area contributed by atoms with E-state index in [4.69, 9.17) is 0 Å². The molecule has 0 amide bonds. The summed E-state index contributed by atoms with van der Waals surface area (Å²) in [6.07, 6.45) is 4.19. The fraction of sp³-hybridized carbons (Fsp3) is 0.647. The van der Waals surface area contributed by atoms with E-state index < -0.39 is 11.7 Å². The molecule has 0 radical (unpaired) electrons. The average Bonchev–Trinajstić information content (AvgIpc) is 2.73. The smallest absolute Gasteiger partial charge is 0.316 e. The first-order valence-corrected chi connectivity index (χ1v) is 7.84. The zero-order valence-corrected chi connectivity index (χ0v) is 12.5. The molecule has 0 heterocycles. The summed E-state index contributed by atoms with van der Waals surface area (Å²) in [6.45, 7) is 0. The van der Waals surface area contributed by atoms with Crippen LogP contribution in [0.5, 0.6) is 0 Å². The fourth-order valence-corrected chi connectivity index (χ4v) is 3.30. The number of benzene rings is 1. The van der Waals surface area contributed by atoms with Gasteiger partial charge in [-0.05, 0) is 49.9 Å². The predicted molar refractivity (Wildman–Crippen MR) is 79.2 cm³/mol. The molecule has 1 N–H and O–H groups in total. The summed E-state index contributed by atoms with van der Waals surface area (Å²) in [5, 5.41) is 3.37. The minimum Gasteiger partial charge on any atom is -0.316 e. The number of rotatable bonds is 4. The number of likely N-dealkylation sites (N-methyl/N-ethyl adjacent to an activating group) is 1. The van der Waals surface area contributed by atoms with Crippen molar-refractivity contribution in [1.82, 2.24) is 5.32 Å². The van der Waals surface area contributed by atoms with E-state index in [0.717, 1.165) is 12.0 Å². The van der Waals surface area contributed by atoms with Crippen LogP contribution in [0.1, 0.15) is 49.7 Å². The largest absolute Gasteiger partial charge is 0.416 e. The second-order valence-electron chi connectivity index (χ2n) is 6.05. The van der Waals surface area contributed by atoms with Gasteiger partial charge in [0.1, 0.15) is 0 Å². The summed E-state index contributed by atoms with van der Waals surface area (Å²) in [5.41, 5.74) is 0.410. The van der Waals surface area contributed by atoms with Gasteiger partial charge in [-0.1, -0.05) is 37.8 Å². The van der Waals surface area contributed by atoms with Gasteiger partial charge >= 0.3 is 6.18 Å². The van der Waals surface area contributed by atoms with E-state index in [9.17, 15) is 13.2 Å². The summed E-state index contributed by atoms with van der Waals surface area (Å²) >= 11 is 0. The average molecular weight is 299 g/mol. The molecule has 0 aromatic heterocycles. The van der Waals surface area contributed by atoms with Crippen molar-refractivity contribution in [1.29, 1.82) is 0 Å². The number of alkyl halides is 3. The van der Waals surface area contributed by atoms with Gasteiger partial charge in [0.05, 0.1) is 5.56 Å². The standard InChI is InChI=1S/C17H24F3N/c1-21-16(14-6-4-2-3-5-7-14)12-13-8-10-15(11-9-13)17(18,19)20/h8-11,14,16,21H,2-7,12H2,1H3. The van der Waals surface area contributed by atoms with Crippen molar-refractivity contribution in [2.24, 2.45) is 5.92 Å². The lowest BCUT2D eigenvalue weighted by molar-refractivity contribution is -0.137. The van der Waals surface area contributed by atoms with Gasteiger partial charge in [-0.2, -0.15) is 13.2 Å². The highest BCUT2D eigenvalue weighted by atomic mass is 19.4. The van der Waals surface area contributed by atoms with Crippen LogP contribution < -0.4 is 5.32 Å². The highest BCUT2D eigenvalue weighted by Crippen LogP contribution is 2.30. The van der Waals surface area contributed by atoms with Crippen molar-refractivity contribution in [3.8, 4) is 0 Å². The predicted octanol–water partition coefficient (Wildman–Crippen LogP) is 4.81. The fourth-order valence-electron chi connectivity index (χ4n) is 3.30. The van der Waals surface area contributed by atoms with E-state index in [-0.39, 0.29) is 0 Å². The van der Waals surface area contributed by atoms with Crippen molar-refractivity contribution in [3.63, 3.8) is 0 Å². The number of hydrogen-bond acceptors (Lipinski definition) is 1. The van der Waals surface area contributed by atoms with Crippen LogP contribution in [0.2, 0.25) is 0 Å². The minimum atomic E-state index is -4.25. The normalized spacial score (nSPS) is 19.2. The van der Waals surface area contributed by atoms with Crippen LogP contribution in [0, 0.1) is 5.92 Å². The van der Waals surface area contributed by atoms with Crippen LogP contribution in [0.4, 0.5) is 13.2 Å². The highest BCUT2D eigenvalue weighted by Gasteiger charge is 2.30. The Labute approximate surface area is 124 Å². The molecule has 1 fully saturated rings. The van der Waals surface area contributed by atoms with Crippen molar-refractivity contribution >= 4 is 0 Å². The van der Waals surface area contributed by atoms with Crippen LogP contribution in [0.25, 0.3) is 0 Å². The molecule has 1 aliphatic rings. The van der Waals surface area contributed by atoms with E-state index in [0.29, 0.717) is 12.0 Å². The second kappa shape index (κ2) is 7.30. The van der Waals surface area contributed by atoms with E-state index in [1.54, 1.807) is 12.1 Å². The van der Waals surface area contributed by atoms with Gasteiger partial charge in [0.25, 0.3) is 0 Å². The number of hydrogen-bond donors (Lipinski definition) is 1. The molecule has 1 unspecified atom stereocenters. The van der Waals surface area contributed by atoms with E-state index in [1.165, 1.54) is 50.7 Å². The lowest BCUT2D eigenvalue weighted by atomic mass is 9.87. The molecular formula is C17H24F3N. The third-order valence-corrected chi connectivity index (χ3v) is 4.58. The van der Waals surface area contributed by atoms with Gasteiger partial charge in [0, 0.05) is 6.04 Å². The first kappa shape index (κ1) is 16.3. The van der Waals surface area contributed by atoms with Gasteiger partial charge in [0.2, 0.25) is 0 Å². The van der Waals surface area contributed by atoms with Crippen LogP contribution in [-0.2, 0) is 12.6 Å². The van der Waals surface area contributed by atoms with Crippen LogP contribution in [0.15, 0.2) is 24.3 Å². The lowest BCUT2D eigenvalue weighted by Crippen LogP contribution is -2.35. The molecule has 0 bridgehead atoms. The molecule has 118 valence electrons. The monoisotopic (exact) mass is 299 g/mol. The summed E-state index contributed by atoms with van der Waals surface area (Å²) < 4.78 is 37.7. The van der Waals surface area contributed by atoms with Crippen molar-refractivity contribution in [3.05, 3.63) is 35.4 Å². The molecule has 21 heavy (non-hydrogen) atoms. The summed E-state index contributed by atoms with van der Waals surface area (Å²) in [7, 11) is 1.96. The summed E-state index contributed by atoms with van der Waals surface area (Å²) in [6, 6.07) is 5.97. The first-order valence-electron chi connectivity index (χ1n) is 7.84.